The number of dihydropyridines is 1. The van der Waals surface area contributed by atoms with Crippen LogP contribution in [-0.4, -0.2) is 54.6 Å². The van der Waals surface area contributed by atoms with Crippen molar-refractivity contribution in [2.24, 2.45) is 0 Å². The summed E-state index contributed by atoms with van der Waals surface area (Å²) in [4.78, 5) is 39.2. The van der Waals surface area contributed by atoms with Crippen LogP contribution in [0.25, 0.3) is 0 Å². The van der Waals surface area contributed by atoms with Gasteiger partial charge < -0.3 is 14.8 Å². The summed E-state index contributed by atoms with van der Waals surface area (Å²) in [5, 5.41) is 14.5. The number of nitrogens with one attached hydrogen (secondary N) is 1. The van der Waals surface area contributed by atoms with E-state index in [1.54, 1.807) is 32.9 Å². The van der Waals surface area contributed by atoms with Crippen molar-refractivity contribution < 1.29 is 24.0 Å². The number of nitro groups is 1. The Morgan fingerprint density at radius 1 is 1.09 bits per heavy atom. The minimum absolute atomic E-state index is 0.123. The average Bonchev–Trinajstić information content (AvgIpc) is 2.79. The topological polar surface area (TPSA) is 111 Å². The van der Waals surface area contributed by atoms with Gasteiger partial charge in [-0.25, -0.2) is 9.59 Å². The molecule has 0 spiro atoms. The van der Waals surface area contributed by atoms with Gasteiger partial charge in [0.2, 0.25) is 0 Å². The van der Waals surface area contributed by atoms with Crippen LogP contribution in [-0.2, 0) is 19.1 Å². The molecule has 3 rings (SSSR count). The van der Waals surface area contributed by atoms with Crippen LogP contribution in [0.5, 0.6) is 0 Å². The van der Waals surface area contributed by atoms with Gasteiger partial charge in [0.15, 0.2) is 0 Å². The molecule has 0 bridgehead atoms. The molecule has 33 heavy (non-hydrogen) atoms. The number of nitrogens with zero attached hydrogens (tertiary/aromatic N) is 2. The van der Waals surface area contributed by atoms with Crippen molar-refractivity contribution in [2.75, 3.05) is 32.8 Å². The lowest BCUT2D eigenvalue weighted by Gasteiger charge is -2.31. The summed E-state index contributed by atoms with van der Waals surface area (Å²) in [6.45, 7) is 8.17. The number of hydrogen-bond acceptors (Lipinski definition) is 8. The molecule has 0 aliphatic carbocycles. The van der Waals surface area contributed by atoms with E-state index in [0.29, 0.717) is 23.5 Å². The summed E-state index contributed by atoms with van der Waals surface area (Å²) in [7, 11) is 0. The number of carbonyl (C=O) groups is 2. The zero-order valence-electron chi connectivity index (χ0n) is 19.4. The van der Waals surface area contributed by atoms with Crippen molar-refractivity contribution >= 4 is 17.6 Å². The van der Waals surface area contributed by atoms with E-state index in [-0.39, 0.29) is 30.0 Å². The van der Waals surface area contributed by atoms with Gasteiger partial charge in [-0.2, -0.15) is 0 Å². The predicted molar refractivity (Wildman–Crippen MR) is 122 cm³/mol. The molecule has 1 saturated heterocycles. The number of allylic oxidation sites excluding steroid dienone is 2. The maximum Gasteiger partial charge on any atom is 0.336 e. The van der Waals surface area contributed by atoms with Crippen molar-refractivity contribution in [3.05, 3.63) is 62.5 Å². The fourth-order valence-corrected chi connectivity index (χ4v) is 4.42. The molecule has 9 nitrogen and oxygen atoms in total. The molecule has 1 N–H and O–H groups in total. The van der Waals surface area contributed by atoms with Gasteiger partial charge >= 0.3 is 11.9 Å². The van der Waals surface area contributed by atoms with Crippen LogP contribution in [0.15, 0.2) is 46.8 Å². The van der Waals surface area contributed by atoms with Crippen LogP contribution in [0.1, 0.15) is 51.5 Å². The van der Waals surface area contributed by atoms with Crippen LogP contribution < -0.4 is 5.32 Å². The summed E-state index contributed by atoms with van der Waals surface area (Å²) >= 11 is 0. The predicted octanol–water partition coefficient (Wildman–Crippen LogP) is 3.42. The highest BCUT2D eigenvalue weighted by molar-refractivity contribution is 5.99. The normalized spacial score (nSPS) is 19.2. The molecule has 1 aromatic carbocycles. The zero-order chi connectivity index (χ0) is 24.0. The van der Waals surface area contributed by atoms with Crippen molar-refractivity contribution in [3.63, 3.8) is 0 Å². The first-order valence-electron chi connectivity index (χ1n) is 11.3. The maximum atomic E-state index is 13.2. The third-order valence-corrected chi connectivity index (χ3v) is 5.98. The van der Waals surface area contributed by atoms with E-state index in [9.17, 15) is 19.7 Å². The lowest BCUT2D eigenvalue weighted by atomic mass is 9.80. The Balaban J connectivity index is 1.92. The number of nitro benzene ring substituents is 1. The van der Waals surface area contributed by atoms with E-state index in [1.165, 1.54) is 18.6 Å². The third-order valence-electron chi connectivity index (χ3n) is 5.98. The Hall–Kier alpha value is -3.20. The van der Waals surface area contributed by atoms with Crippen molar-refractivity contribution in [1.82, 2.24) is 10.2 Å². The molecule has 1 unspecified atom stereocenters. The van der Waals surface area contributed by atoms with E-state index >= 15 is 0 Å². The number of benzene rings is 1. The largest absolute Gasteiger partial charge is 0.463 e. The van der Waals surface area contributed by atoms with Crippen molar-refractivity contribution in [3.8, 4) is 0 Å². The zero-order valence-corrected chi connectivity index (χ0v) is 19.4. The van der Waals surface area contributed by atoms with E-state index in [4.69, 9.17) is 9.47 Å². The minimum atomic E-state index is -0.840. The molecule has 1 aromatic rings. The molecule has 0 amide bonds. The summed E-state index contributed by atoms with van der Waals surface area (Å²) < 4.78 is 10.9. The van der Waals surface area contributed by atoms with Crippen LogP contribution in [0.2, 0.25) is 0 Å². The highest BCUT2D eigenvalue weighted by atomic mass is 16.6. The number of hydrogen-bond donors (Lipinski definition) is 1. The van der Waals surface area contributed by atoms with Gasteiger partial charge in [-0.1, -0.05) is 18.6 Å². The van der Waals surface area contributed by atoms with E-state index in [0.717, 1.165) is 25.9 Å². The Morgan fingerprint density at radius 3 is 2.33 bits per heavy atom. The number of non-ortho nitro benzene ring substituents is 1. The fourth-order valence-electron chi connectivity index (χ4n) is 4.42. The molecule has 2 aliphatic heterocycles. The number of rotatable bonds is 8. The summed E-state index contributed by atoms with van der Waals surface area (Å²) in [5.74, 6) is -1.97. The van der Waals surface area contributed by atoms with Gasteiger partial charge in [0.1, 0.15) is 6.61 Å². The Labute approximate surface area is 193 Å². The number of piperidine rings is 1. The van der Waals surface area contributed by atoms with Crippen molar-refractivity contribution in [1.29, 1.82) is 0 Å². The molecule has 0 radical (unpaired) electrons. The molecule has 1 atom stereocenters. The highest BCUT2D eigenvalue weighted by Gasteiger charge is 2.38. The number of carbonyl (C=O) groups excluding carboxylic acids is 2. The molecule has 0 saturated carbocycles. The first-order valence-corrected chi connectivity index (χ1v) is 11.3. The minimum Gasteiger partial charge on any atom is -0.463 e. The van der Waals surface area contributed by atoms with Gasteiger partial charge in [0, 0.05) is 30.1 Å². The Kier molecular flexibility index (Phi) is 8.21. The summed E-state index contributed by atoms with van der Waals surface area (Å²) in [6.07, 6.45) is 3.51. The lowest BCUT2D eigenvalue weighted by Crippen LogP contribution is -2.35. The van der Waals surface area contributed by atoms with Gasteiger partial charge in [0.25, 0.3) is 5.69 Å². The van der Waals surface area contributed by atoms with E-state index in [2.05, 4.69) is 10.2 Å². The maximum absolute atomic E-state index is 13.2. The second-order valence-electron chi connectivity index (χ2n) is 8.25. The first-order chi connectivity index (χ1) is 15.8. The molecule has 2 heterocycles. The van der Waals surface area contributed by atoms with Gasteiger partial charge in [-0.3, -0.25) is 15.0 Å². The second kappa shape index (κ2) is 11.1. The smallest absolute Gasteiger partial charge is 0.336 e. The summed E-state index contributed by atoms with van der Waals surface area (Å²) in [5.41, 5.74) is 1.90. The average molecular weight is 458 g/mol. The molecule has 178 valence electrons. The van der Waals surface area contributed by atoms with Crippen molar-refractivity contribution in [2.45, 2.75) is 46.0 Å². The fraction of sp³-hybridized carbons (Fsp3) is 0.500. The molecule has 0 aromatic heterocycles. The van der Waals surface area contributed by atoms with E-state index < -0.39 is 22.8 Å². The van der Waals surface area contributed by atoms with Gasteiger partial charge in [-0.05, 0) is 52.3 Å². The highest BCUT2D eigenvalue weighted by Crippen LogP contribution is 2.40. The molecule has 1 fully saturated rings. The van der Waals surface area contributed by atoms with E-state index in [1.807, 2.05) is 0 Å². The molecule has 2 aliphatic rings. The van der Waals surface area contributed by atoms with Crippen LogP contribution in [0, 0.1) is 10.1 Å². The first kappa shape index (κ1) is 24.4. The number of likely N-dealkylation sites (tertiary alicyclic amines) is 1. The Bertz CT molecular complexity index is 978. The SMILES string of the molecule is CCOC(=O)C1=C(C)NC(C)=C(C(=O)OCCN2CCCCC2)C1c1cccc([N+](=O)[O-])c1. The number of esters is 2. The lowest BCUT2D eigenvalue weighted by molar-refractivity contribution is -0.384. The Morgan fingerprint density at radius 2 is 1.73 bits per heavy atom. The van der Waals surface area contributed by atoms with Crippen LogP contribution in [0.3, 0.4) is 0 Å². The number of ether oxygens (including phenoxy) is 2. The standard InChI is InChI=1S/C24H31N3O6/c1-4-32-23(28)20-16(2)25-17(3)21(22(20)18-9-8-10-19(15-18)27(30)31)24(29)33-14-13-26-11-6-5-7-12-26/h8-10,15,22,25H,4-7,11-14H2,1-3H3. The summed E-state index contributed by atoms with van der Waals surface area (Å²) in [6, 6.07) is 5.97. The third kappa shape index (κ3) is 5.78. The quantitative estimate of drug-likeness (QED) is 0.359. The molecular weight excluding hydrogens is 426 g/mol. The molecule has 9 heteroatoms. The molecular formula is C24H31N3O6. The monoisotopic (exact) mass is 457 g/mol. The van der Waals surface area contributed by atoms with Crippen LogP contribution in [0.4, 0.5) is 5.69 Å². The van der Waals surface area contributed by atoms with Gasteiger partial charge in [0.05, 0.1) is 28.6 Å². The van der Waals surface area contributed by atoms with Gasteiger partial charge in [-0.15, -0.1) is 0 Å². The second-order valence-corrected chi connectivity index (χ2v) is 8.25. The van der Waals surface area contributed by atoms with Crippen LogP contribution >= 0.6 is 0 Å².